The van der Waals surface area contributed by atoms with Gasteiger partial charge in [-0.1, -0.05) is 72.8 Å². The molecule has 1 N–H and O–H groups in total. The highest BCUT2D eigenvalue weighted by Gasteiger charge is 2.18. The summed E-state index contributed by atoms with van der Waals surface area (Å²) >= 11 is 0. The molecule has 0 aliphatic heterocycles. The van der Waals surface area contributed by atoms with Crippen LogP contribution in [0.15, 0.2) is 109 Å². The Labute approximate surface area is 170 Å². The Hall–Kier alpha value is -3.92. The molecule has 0 fully saturated rings. The molecule has 29 heavy (non-hydrogen) atoms. The maximum atomic E-state index is 13.2. The molecule has 4 rings (SSSR count). The molecule has 0 aliphatic carbocycles. The van der Waals surface area contributed by atoms with Crippen molar-refractivity contribution in [2.24, 2.45) is 0 Å². The Morgan fingerprint density at radius 2 is 1.28 bits per heavy atom. The maximum absolute atomic E-state index is 13.2. The van der Waals surface area contributed by atoms with Gasteiger partial charge in [0.15, 0.2) is 0 Å². The molecule has 4 aromatic rings. The van der Waals surface area contributed by atoms with Gasteiger partial charge in [0.1, 0.15) is 0 Å². The molecule has 0 spiro atoms. The molecule has 3 aromatic carbocycles. The van der Waals surface area contributed by atoms with Crippen LogP contribution in [-0.4, -0.2) is 11.0 Å². The molecule has 4 heteroatoms. The van der Waals surface area contributed by atoms with Crippen LogP contribution in [-0.2, 0) is 6.54 Å². The summed E-state index contributed by atoms with van der Waals surface area (Å²) in [5, 5.41) is 3.03. The standard InChI is InChI=1S/C25H21N3O/c29-25(28(21-13-6-2-7-14-21)22-15-8-3-9-16-22)27-19-24-23(17-10-18-26-24)20-11-4-1-5-12-20/h1-18H,19H2,(H,27,29). The van der Waals surface area contributed by atoms with E-state index in [9.17, 15) is 4.79 Å². The zero-order chi connectivity index (χ0) is 19.9. The van der Waals surface area contributed by atoms with E-state index in [1.54, 1.807) is 11.1 Å². The number of nitrogens with one attached hydrogen (secondary N) is 1. The molecule has 0 radical (unpaired) electrons. The van der Waals surface area contributed by atoms with Gasteiger partial charge >= 0.3 is 6.03 Å². The van der Waals surface area contributed by atoms with Crippen molar-refractivity contribution in [1.82, 2.24) is 10.3 Å². The van der Waals surface area contributed by atoms with Crippen molar-refractivity contribution in [3.05, 3.63) is 115 Å². The van der Waals surface area contributed by atoms with Crippen LogP contribution in [0.2, 0.25) is 0 Å². The lowest BCUT2D eigenvalue weighted by molar-refractivity contribution is 0.248. The average Bonchev–Trinajstić information content (AvgIpc) is 2.80. The largest absolute Gasteiger partial charge is 0.332 e. The normalized spacial score (nSPS) is 10.3. The monoisotopic (exact) mass is 379 g/mol. The fourth-order valence-corrected chi connectivity index (χ4v) is 3.24. The smallest absolute Gasteiger partial charge is 0.326 e. The van der Waals surface area contributed by atoms with E-state index in [0.717, 1.165) is 28.2 Å². The lowest BCUT2D eigenvalue weighted by Crippen LogP contribution is -2.36. The summed E-state index contributed by atoms with van der Waals surface area (Å²) in [5.74, 6) is 0. The lowest BCUT2D eigenvalue weighted by atomic mass is 10.0. The van der Waals surface area contributed by atoms with Crippen molar-refractivity contribution >= 4 is 17.4 Å². The third-order valence-corrected chi connectivity index (χ3v) is 4.61. The van der Waals surface area contributed by atoms with Gasteiger partial charge in [-0.2, -0.15) is 0 Å². The number of hydrogen-bond donors (Lipinski definition) is 1. The first-order chi connectivity index (χ1) is 14.3. The number of nitrogens with zero attached hydrogens (tertiary/aromatic N) is 2. The lowest BCUT2D eigenvalue weighted by Gasteiger charge is -2.23. The highest BCUT2D eigenvalue weighted by molar-refractivity contribution is 5.99. The third-order valence-electron chi connectivity index (χ3n) is 4.61. The summed E-state index contributed by atoms with van der Waals surface area (Å²) in [6, 6.07) is 33.0. The van der Waals surface area contributed by atoms with Gasteiger partial charge in [-0.3, -0.25) is 9.88 Å². The number of carbonyl (C=O) groups excluding carboxylic acids is 1. The Morgan fingerprint density at radius 3 is 1.86 bits per heavy atom. The highest BCUT2D eigenvalue weighted by Crippen LogP contribution is 2.26. The van der Waals surface area contributed by atoms with Gasteiger partial charge < -0.3 is 5.32 Å². The second kappa shape index (κ2) is 8.85. The van der Waals surface area contributed by atoms with Gasteiger partial charge in [0.25, 0.3) is 0 Å². The first-order valence-corrected chi connectivity index (χ1v) is 9.50. The van der Waals surface area contributed by atoms with E-state index < -0.39 is 0 Å². The molecule has 0 bridgehead atoms. The van der Waals surface area contributed by atoms with E-state index in [1.165, 1.54) is 0 Å². The number of carbonyl (C=O) groups is 1. The van der Waals surface area contributed by atoms with E-state index in [2.05, 4.69) is 10.3 Å². The van der Waals surface area contributed by atoms with Gasteiger partial charge in [0.05, 0.1) is 23.6 Å². The Bertz CT molecular complexity index is 1030. The van der Waals surface area contributed by atoms with Crippen LogP contribution in [0.1, 0.15) is 5.69 Å². The Morgan fingerprint density at radius 1 is 0.724 bits per heavy atom. The molecule has 0 unspecified atom stereocenters. The zero-order valence-electron chi connectivity index (χ0n) is 15.9. The van der Waals surface area contributed by atoms with Crippen LogP contribution >= 0.6 is 0 Å². The topological polar surface area (TPSA) is 45.2 Å². The minimum absolute atomic E-state index is 0.202. The van der Waals surface area contributed by atoms with Gasteiger partial charge in [-0.25, -0.2) is 4.79 Å². The molecule has 142 valence electrons. The number of benzene rings is 3. The number of pyridine rings is 1. The summed E-state index contributed by atoms with van der Waals surface area (Å²) in [5.41, 5.74) is 4.53. The van der Waals surface area contributed by atoms with Crippen molar-refractivity contribution in [1.29, 1.82) is 0 Å². The van der Waals surface area contributed by atoms with Crippen LogP contribution in [0.4, 0.5) is 16.2 Å². The number of anilines is 2. The maximum Gasteiger partial charge on any atom is 0.326 e. The minimum atomic E-state index is -0.202. The van der Waals surface area contributed by atoms with Gasteiger partial charge in [-0.05, 0) is 35.9 Å². The first kappa shape index (κ1) is 18.4. The van der Waals surface area contributed by atoms with E-state index in [-0.39, 0.29) is 6.03 Å². The molecule has 1 heterocycles. The predicted molar refractivity (Wildman–Crippen MR) is 117 cm³/mol. The summed E-state index contributed by atoms with van der Waals surface area (Å²) < 4.78 is 0. The molecular formula is C25H21N3O. The van der Waals surface area contributed by atoms with E-state index >= 15 is 0 Å². The molecule has 0 atom stereocenters. The molecule has 0 saturated carbocycles. The van der Waals surface area contributed by atoms with E-state index in [4.69, 9.17) is 0 Å². The summed E-state index contributed by atoms with van der Waals surface area (Å²) in [4.78, 5) is 19.3. The number of para-hydroxylation sites is 2. The Kier molecular flexibility index (Phi) is 5.63. The summed E-state index contributed by atoms with van der Waals surface area (Å²) in [6.07, 6.45) is 1.75. The fraction of sp³-hybridized carbons (Fsp3) is 0.0400. The van der Waals surface area contributed by atoms with Crippen molar-refractivity contribution in [2.75, 3.05) is 4.90 Å². The number of urea groups is 1. The van der Waals surface area contributed by atoms with Crippen molar-refractivity contribution < 1.29 is 4.79 Å². The fourth-order valence-electron chi connectivity index (χ4n) is 3.24. The number of amides is 2. The van der Waals surface area contributed by atoms with Crippen molar-refractivity contribution in [3.63, 3.8) is 0 Å². The molecule has 1 aromatic heterocycles. The predicted octanol–water partition coefficient (Wildman–Crippen LogP) is 5.80. The quantitative estimate of drug-likeness (QED) is 0.476. The highest BCUT2D eigenvalue weighted by atomic mass is 16.2. The van der Waals surface area contributed by atoms with Crippen molar-refractivity contribution in [3.8, 4) is 11.1 Å². The molecule has 2 amide bonds. The van der Waals surface area contributed by atoms with Crippen LogP contribution in [0.25, 0.3) is 11.1 Å². The second-order valence-corrected chi connectivity index (χ2v) is 6.53. The first-order valence-electron chi connectivity index (χ1n) is 9.50. The molecule has 0 aliphatic rings. The SMILES string of the molecule is O=C(NCc1ncccc1-c1ccccc1)N(c1ccccc1)c1ccccc1. The second-order valence-electron chi connectivity index (χ2n) is 6.53. The van der Waals surface area contributed by atoms with Gasteiger partial charge in [0, 0.05) is 11.8 Å². The zero-order valence-corrected chi connectivity index (χ0v) is 15.9. The average molecular weight is 379 g/mol. The van der Waals surface area contributed by atoms with E-state index in [1.807, 2.05) is 103 Å². The molecular weight excluding hydrogens is 358 g/mol. The number of rotatable bonds is 5. The third kappa shape index (κ3) is 4.33. The van der Waals surface area contributed by atoms with Gasteiger partial charge in [0.2, 0.25) is 0 Å². The van der Waals surface area contributed by atoms with Gasteiger partial charge in [-0.15, -0.1) is 0 Å². The minimum Gasteiger partial charge on any atom is -0.332 e. The van der Waals surface area contributed by atoms with Crippen molar-refractivity contribution in [2.45, 2.75) is 6.54 Å². The number of hydrogen-bond acceptors (Lipinski definition) is 2. The van der Waals surface area contributed by atoms with Crippen LogP contribution in [0.3, 0.4) is 0 Å². The molecule has 0 saturated heterocycles. The van der Waals surface area contributed by atoms with Crippen LogP contribution in [0.5, 0.6) is 0 Å². The molecule has 4 nitrogen and oxygen atoms in total. The summed E-state index contributed by atoms with van der Waals surface area (Å²) in [7, 11) is 0. The summed E-state index contributed by atoms with van der Waals surface area (Å²) in [6.45, 7) is 0.333. The number of aromatic nitrogens is 1. The van der Waals surface area contributed by atoms with Crippen LogP contribution in [0, 0.1) is 0 Å². The van der Waals surface area contributed by atoms with E-state index in [0.29, 0.717) is 6.54 Å². The van der Waals surface area contributed by atoms with Crippen LogP contribution < -0.4 is 10.2 Å². The Balaban J connectivity index is 1.59.